The molecule has 3 heteroatoms. The predicted molar refractivity (Wildman–Crippen MR) is 46.5 cm³/mol. The Hall–Kier alpha value is -0.570. The van der Waals surface area contributed by atoms with Crippen LogP contribution in [0.25, 0.3) is 0 Å². The molecule has 0 radical (unpaired) electrons. The fourth-order valence-electron chi connectivity index (χ4n) is 0.936. The van der Waals surface area contributed by atoms with Crippen LogP contribution >= 0.6 is 0 Å². The summed E-state index contributed by atoms with van der Waals surface area (Å²) in [5.74, 6) is 0.0329. The number of carbonyl (C=O) groups excluding carboxylic acids is 1. The molecule has 1 aliphatic heterocycles. The molecule has 1 heterocycles. The van der Waals surface area contributed by atoms with E-state index in [1.165, 1.54) is 6.92 Å². The summed E-state index contributed by atoms with van der Waals surface area (Å²) in [5.41, 5.74) is 0. The molecular weight excluding hydrogens is 142 g/mol. The zero-order valence-corrected chi connectivity index (χ0v) is 7.52. The standard InChI is InChI=1S/C6H11NO2.C2H6.H2/c1-5(8)7-6-2-3-9-4-6;1-2;/h6H,2-4H2,1H3,(H,7,8);1-2H3;1H/t6-;;/m0../s1. The highest BCUT2D eigenvalue weighted by Gasteiger charge is 2.15. The van der Waals surface area contributed by atoms with E-state index in [1.54, 1.807) is 0 Å². The molecule has 0 bridgehead atoms. The second kappa shape index (κ2) is 6.16. The summed E-state index contributed by atoms with van der Waals surface area (Å²) in [4.78, 5) is 10.4. The van der Waals surface area contributed by atoms with Crippen LogP contribution < -0.4 is 5.32 Å². The second-order valence-electron chi connectivity index (χ2n) is 2.26. The topological polar surface area (TPSA) is 38.3 Å². The molecule has 0 aromatic rings. The molecule has 0 aromatic heterocycles. The van der Waals surface area contributed by atoms with Crippen LogP contribution in [-0.4, -0.2) is 25.2 Å². The smallest absolute Gasteiger partial charge is 0.217 e. The Balaban J connectivity index is 0. The van der Waals surface area contributed by atoms with Crippen molar-refractivity contribution in [1.29, 1.82) is 0 Å². The molecule has 1 rings (SSSR count). The van der Waals surface area contributed by atoms with Gasteiger partial charge in [0, 0.05) is 15.0 Å². The first kappa shape index (κ1) is 10.4. The van der Waals surface area contributed by atoms with Crippen molar-refractivity contribution in [2.75, 3.05) is 13.2 Å². The minimum absolute atomic E-state index is 0. The lowest BCUT2D eigenvalue weighted by Gasteiger charge is -2.06. The Morgan fingerprint density at radius 2 is 2.27 bits per heavy atom. The molecule has 1 amide bonds. The summed E-state index contributed by atoms with van der Waals surface area (Å²) >= 11 is 0. The Morgan fingerprint density at radius 3 is 2.64 bits per heavy atom. The number of carbonyl (C=O) groups is 1. The van der Waals surface area contributed by atoms with Gasteiger partial charge in [-0.15, -0.1) is 0 Å². The normalized spacial score (nSPS) is 21.9. The van der Waals surface area contributed by atoms with Crippen LogP contribution in [0, 0.1) is 0 Å². The average molecular weight is 161 g/mol. The van der Waals surface area contributed by atoms with Gasteiger partial charge in [-0.2, -0.15) is 0 Å². The van der Waals surface area contributed by atoms with Crippen molar-refractivity contribution >= 4 is 5.91 Å². The van der Waals surface area contributed by atoms with Crippen LogP contribution in [0.3, 0.4) is 0 Å². The van der Waals surface area contributed by atoms with Gasteiger partial charge in [0.05, 0.1) is 12.6 Å². The van der Waals surface area contributed by atoms with Crippen LogP contribution in [0.1, 0.15) is 28.6 Å². The van der Waals surface area contributed by atoms with E-state index in [0.29, 0.717) is 6.61 Å². The molecule has 1 saturated heterocycles. The summed E-state index contributed by atoms with van der Waals surface area (Å²) in [7, 11) is 0. The Bertz CT molecular complexity index is 114. The first-order valence-corrected chi connectivity index (χ1v) is 4.14. The van der Waals surface area contributed by atoms with Crippen molar-refractivity contribution in [3.8, 4) is 0 Å². The monoisotopic (exact) mass is 161 g/mol. The molecule has 0 unspecified atom stereocenters. The van der Waals surface area contributed by atoms with Crippen molar-refractivity contribution in [2.45, 2.75) is 33.2 Å². The van der Waals surface area contributed by atoms with Crippen LogP contribution in [0.4, 0.5) is 0 Å². The maximum absolute atomic E-state index is 10.4. The summed E-state index contributed by atoms with van der Waals surface area (Å²) in [6.07, 6.45) is 0.958. The van der Waals surface area contributed by atoms with Gasteiger partial charge in [0.25, 0.3) is 0 Å². The fourth-order valence-corrected chi connectivity index (χ4v) is 0.936. The Morgan fingerprint density at radius 1 is 1.64 bits per heavy atom. The quantitative estimate of drug-likeness (QED) is 0.627. The number of hydrogen-bond acceptors (Lipinski definition) is 2. The van der Waals surface area contributed by atoms with Gasteiger partial charge in [-0.1, -0.05) is 13.8 Å². The second-order valence-corrected chi connectivity index (χ2v) is 2.26. The van der Waals surface area contributed by atoms with E-state index in [-0.39, 0.29) is 13.4 Å². The lowest BCUT2D eigenvalue weighted by Crippen LogP contribution is -2.32. The summed E-state index contributed by atoms with van der Waals surface area (Å²) in [6.45, 7) is 6.99. The largest absolute Gasteiger partial charge is 0.379 e. The third-order valence-corrected chi connectivity index (χ3v) is 1.34. The van der Waals surface area contributed by atoms with E-state index in [2.05, 4.69) is 5.32 Å². The third-order valence-electron chi connectivity index (χ3n) is 1.34. The lowest BCUT2D eigenvalue weighted by molar-refractivity contribution is -0.119. The van der Waals surface area contributed by atoms with Crippen molar-refractivity contribution in [3.63, 3.8) is 0 Å². The van der Waals surface area contributed by atoms with Gasteiger partial charge < -0.3 is 10.1 Å². The van der Waals surface area contributed by atoms with Gasteiger partial charge in [-0.25, -0.2) is 0 Å². The average Bonchev–Trinajstić information content (AvgIpc) is 2.43. The summed E-state index contributed by atoms with van der Waals surface area (Å²) in [5, 5.41) is 2.78. The third kappa shape index (κ3) is 4.79. The van der Waals surface area contributed by atoms with Gasteiger partial charge in [-0.3, -0.25) is 4.79 Å². The number of hydrogen-bond donors (Lipinski definition) is 1. The molecule has 0 saturated carbocycles. The van der Waals surface area contributed by atoms with Crippen molar-refractivity contribution in [2.24, 2.45) is 0 Å². The summed E-state index contributed by atoms with van der Waals surface area (Å²) in [6, 6.07) is 0.266. The first-order valence-electron chi connectivity index (χ1n) is 4.14. The molecular formula is C8H19NO2. The molecule has 1 atom stereocenters. The van der Waals surface area contributed by atoms with Crippen LogP contribution in [0.2, 0.25) is 0 Å². The predicted octanol–water partition coefficient (Wildman–Crippen LogP) is 1.18. The number of ether oxygens (including phenoxy) is 1. The van der Waals surface area contributed by atoms with Gasteiger partial charge in [0.2, 0.25) is 5.91 Å². The molecule has 0 spiro atoms. The minimum atomic E-state index is 0. The van der Waals surface area contributed by atoms with Crippen LogP contribution in [0.5, 0.6) is 0 Å². The Kier molecular flexibility index (Phi) is 5.84. The highest BCUT2D eigenvalue weighted by atomic mass is 16.5. The highest BCUT2D eigenvalue weighted by Crippen LogP contribution is 2.02. The number of amides is 1. The number of rotatable bonds is 1. The molecule has 1 fully saturated rings. The molecule has 1 aliphatic rings. The zero-order chi connectivity index (χ0) is 8.69. The maximum Gasteiger partial charge on any atom is 0.217 e. The summed E-state index contributed by atoms with van der Waals surface area (Å²) < 4.78 is 5.04. The lowest BCUT2D eigenvalue weighted by atomic mass is 10.3. The van der Waals surface area contributed by atoms with E-state index in [9.17, 15) is 4.79 Å². The van der Waals surface area contributed by atoms with E-state index in [1.807, 2.05) is 13.8 Å². The van der Waals surface area contributed by atoms with Crippen LogP contribution in [0.15, 0.2) is 0 Å². The van der Waals surface area contributed by atoms with Gasteiger partial charge in [0.15, 0.2) is 0 Å². The molecule has 0 aliphatic carbocycles. The SMILES string of the molecule is CC.CC(=O)N[C@H]1CCOC1.[HH]. The first-order chi connectivity index (χ1) is 5.29. The van der Waals surface area contributed by atoms with Gasteiger partial charge in [0.1, 0.15) is 0 Å². The van der Waals surface area contributed by atoms with E-state index in [0.717, 1.165) is 13.0 Å². The molecule has 0 aromatic carbocycles. The van der Waals surface area contributed by atoms with Gasteiger partial charge in [-0.05, 0) is 6.42 Å². The van der Waals surface area contributed by atoms with Crippen molar-refractivity contribution < 1.29 is 11.0 Å². The van der Waals surface area contributed by atoms with E-state index in [4.69, 9.17) is 4.74 Å². The fraction of sp³-hybridized carbons (Fsp3) is 0.875. The maximum atomic E-state index is 10.4. The zero-order valence-electron chi connectivity index (χ0n) is 7.52. The highest BCUT2D eigenvalue weighted by molar-refractivity contribution is 5.73. The van der Waals surface area contributed by atoms with Crippen molar-refractivity contribution in [1.82, 2.24) is 5.32 Å². The molecule has 3 nitrogen and oxygen atoms in total. The minimum Gasteiger partial charge on any atom is -0.379 e. The van der Waals surface area contributed by atoms with Gasteiger partial charge >= 0.3 is 0 Å². The van der Waals surface area contributed by atoms with E-state index < -0.39 is 0 Å². The Labute approximate surface area is 69.6 Å². The van der Waals surface area contributed by atoms with E-state index >= 15 is 0 Å². The molecule has 11 heavy (non-hydrogen) atoms. The van der Waals surface area contributed by atoms with Crippen molar-refractivity contribution in [3.05, 3.63) is 0 Å². The molecule has 1 N–H and O–H groups in total. The number of nitrogens with one attached hydrogen (secondary N) is 1. The van der Waals surface area contributed by atoms with Crippen LogP contribution in [-0.2, 0) is 9.53 Å². The molecule has 68 valence electrons.